The van der Waals surface area contributed by atoms with Crippen LogP contribution in [0.3, 0.4) is 0 Å². The van der Waals surface area contributed by atoms with Crippen molar-refractivity contribution >= 4 is 11.7 Å². The van der Waals surface area contributed by atoms with Crippen LogP contribution in [0.5, 0.6) is 0 Å². The molecule has 0 fully saturated rings. The van der Waals surface area contributed by atoms with Gasteiger partial charge in [-0.05, 0) is 29.8 Å². The summed E-state index contributed by atoms with van der Waals surface area (Å²) >= 11 is 0. The molecule has 0 radical (unpaired) electrons. The van der Waals surface area contributed by atoms with E-state index in [9.17, 15) is 4.79 Å². The van der Waals surface area contributed by atoms with Crippen molar-refractivity contribution in [3.63, 3.8) is 0 Å². The number of nitrogens with zero attached hydrogens (tertiary/aromatic N) is 1. The normalized spacial score (nSPS) is 10.3. The Morgan fingerprint density at radius 2 is 2.00 bits per heavy atom. The molecule has 1 heterocycles. The maximum absolute atomic E-state index is 10.6. The van der Waals surface area contributed by atoms with Crippen molar-refractivity contribution in [2.24, 2.45) is 0 Å². The Morgan fingerprint density at radius 1 is 1.28 bits per heavy atom. The first-order valence-electron chi connectivity index (χ1n) is 5.69. The van der Waals surface area contributed by atoms with E-state index in [2.05, 4.69) is 0 Å². The highest BCUT2D eigenvalue weighted by Gasteiger charge is 2.05. The SMILES string of the molecule is CN(Cc1ccco1)c1ccc(CC(=O)O)cc1. The van der Waals surface area contributed by atoms with E-state index in [1.807, 2.05) is 48.3 Å². The zero-order valence-electron chi connectivity index (χ0n) is 10.2. The molecule has 0 amide bonds. The second-order valence-corrected chi connectivity index (χ2v) is 4.17. The van der Waals surface area contributed by atoms with Crippen LogP contribution in [0, 0.1) is 0 Å². The van der Waals surface area contributed by atoms with Crippen molar-refractivity contribution in [2.75, 3.05) is 11.9 Å². The second-order valence-electron chi connectivity index (χ2n) is 4.17. The summed E-state index contributed by atoms with van der Waals surface area (Å²) in [6.07, 6.45) is 1.71. The Balaban J connectivity index is 2.02. The van der Waals surface area contributed by atoms with Gasteiger partial charge >= 0.3 is 5.97 Å². The van der Waals surface area contributed by atoms with Gasteiger partial charge in [0.2, 0.25) is 0 Å². The van der Waals surface area contributed by atoms with Gasteiger partial charge in [-0.1, -0.05) is 12.1 Å². The number of rotatable bonds is 5. The molecular formula is C14H15NO3. The van der Waals surface area contributed by atoms with Crippen LogP contribution in [-0.4, -0.2) is 18.1 Å². The van der Waals surface area contributed by atoms with Crippen molar-refractivity contribution in [3.05, 3.63) is 54.0 Å². The number of furan rings is 1. The van der Waals surface area contributed by atoms with Crippen LogP contribution in [0.2, 0.25) is 0 Å². The van der Waals surface area contributed by atoms with Gasteiger partial charge in [-0.2, -0.15) is 0 Å². The third kappa shape index (κ3) is 3.13. The fourth-order valence-corrected chi connectivity index (χ4v) is 1.77. The maximum Gasteiger partial charge on any atom is 0.307 e. The van der Waals surface area contributed by atoms with Gasteiger partial charge in [-0.25, -0.2) is 0 Å². The van der Waals surface area contributed by atoms with E-state index in [0.29, 0.717) is 6.54 Å². The van der Waals surface area contributed by atoms with Crippen molar-refractivity contribution in [1.29, 1.82) is 0 Å². The molecule has 0 aliphatic carbocycles. The van der Waals surface area contributed by atoms with E-state index in [1.54, 1.807) is 6.26 Å². The predicted octanol–water partition coefficient (Wildman–Crippen LogP) is 2.54. The van der Waals surface area contributed by atoms with Crippen LogP contribution in [-0.2, 0) is 17.8 Å². The number of hydrogen-bond donors (Lipinski definition) is 1. The molecular weight excluding hydrogens is 230 g/mol. The van der Waals surface area contributed by atoms with Gasteiger partial charge in [-0.15, -0.1) is 0 Å². The molecule has 4 heteroatoms. The molecule has 0 bridgehead atoms. The lowest BCUT2D eigenvalue weighted by Gasteiger charge is -2.18. The summed E-state index contributed by atoms with van der Waals surface area (Å²) in [5, 5.41) is 8.69. The summed E-state index contributed by atoms with van der Waals surface area (Å²) in [5.74, 6) is 0.0822. The molecule has 4 nitrogen and oxygen atoms in total. The Hall–Kier alpha value is -2.23. The summed E-state index contributed by atoms with van der Waals surface area (Å²) in [6, 6.07) is 11.3. The van der Waals surface area contributed by atoms with Crippen molar-refractivity contribution < 1.29 is 14.3 Å². The third-order valence-corrected chi connectivity index (χ3v) is 2.71. The van der Waals surface area contributed by atoms with Crippen molar-refractivity contribution in [2.45, 2.75) is 13.0 Å². The summed E-state index contributed by atoms with van der Waals surface area (Å²) in [4.78, 5) is 12.6. The number of carboxylic acids is 1. The fourth-order valence-electron chi connectivity index (χ4n) is 1.77. The Bertz CT molecular complexity index is 502. The molecule has 0 unspecified atom stereocenters. The minimum Gasteiger partial charge on any atom is -0.481 e. The molecule has 1 aromatic carbocycles. The Morgan fingerprint density at radius 3 is 2.56 bits per heavy atom. The van der Waals surface area contributed by atoms with Crippen molar-refractivity contribution in [1.82, 2.24) is 0 Å². The average Bonchev–Trinajstić information content (AvgIpc) is 2.82. The van der Waals surface area contributed by atoms with Crippen LogP contribution >= 0.6 is 0 Å². The predicted molar refractivity (Wildman–Crippen MR) is 68.6 cm³/mol. The molecule has 1 N–H and O–H groups in total. The Kier molecular flexibility index (Phi) is 3.67. The quantitative estimate of drug-likeness (QED) is 0.879. The lowest BCUT2D eigenvalue weighted by molar-refractivity contribution is -0.136. The van der Waals surface area contributed by atoms with Crippen molar-refractivity contribution in [3.8, 4) is 0 Å². The van der Waals surface area contributed by atoms with Gasteiger partial charge in [0.05, 0.1) is 19.2 Å². The molecule has 0 saturated carbocycles. The van der Waals surface area contributed by atoms with E-state index >= 15 is 0 Å². The average molecular weight is 245 g/mol. The van der Waals surface area contributed by atoms with Gasteiger partial charge < -0.3 is 14.4 Å². The number of anilines is 1. The van der Waals surface area contributed by atoms with E-state index in [1.165, 1.54) is 0 Å². The lowest BCUT2D eigenvalue weighted by Crippen LogP contribution is -2.15. The summed E-state index contributed by atoms with van der Waals surface area (Å²) in [7, 11) is 1.97. The molecule has 2 rings (SSSR count). The second kappa shape index (κ2) is 5.40. The van der Waals surface area contributed by atoms with Gasteiger partial charge in [-0.3, -0.25) is 4.79 Å². The molecule has 0 spiro atoms. The molecule has 0 aliphatic rings. The minimum atomic E-state index is -0.813. The van der Waals surface area contributed by atoms with E-state index < -0.39 is 5.97 Å². The van der Waals surface area contributed by atoms with Crippen LogP contribution < -0.4 is 4.90 Å². The minimum absolute atomic E-state index is 0.0577. The molecule has 0 atom stereocenters. The van der Waals surface area contributed by atoms with Gasteiger partial charge in [0, 0.05) is 12.7 Å². The molecule has 1 aromatic heterocycles. The lowest BCUT2D eigenvalue weighted by atomic mass is 10.1. The summed E-state index contributed by atoms with van der Waals surface area (Å²) in [5.41, 5.74) is 1.83. The Labute approximate surface area is 105 Å². The third-order valence-electron chi connectivity index (χ3n) is 2.71. The van der Waals surface area contributed by atoms with Gasteiger partial charge in [0.25, 0.3) is 0 Å². The first-order valence-corrected chi connectivity index (χ1v) is 5.69. The highest BCUT2D eigenvalue weighted by atomic mass is 16.4. The standard InChI is InChI=1S/C14H15NO3/c1-15(10-13-3-2-8-18-13)12-6-4-11(5-7-12)9-14(16)17/h2-8H,9-10H2,1H3,(H,16,17). The van der Waals surface area contributed by atoms with Gasteiger partial charge in [0.1, 0.15) is 5.76 Å². The molecule has 0 saturated heterocycles. The molecule has 18 heavy (non-hydrogen) atoms. The number of carboxylic acid groups (broad SMARTS) is 1. The topological polar surface area (TPSA) is 53.7 Å². The largest absolute Gasteiger partial charge is 0.481 e. The van der Waals surface area contributed by atoms with Crippen LogP contribution in [0.25, 0.3) is 0 Å². The fraction of sp³-hybridized carbons (Fsp3) is 0.214. The zero-order valence-corrected chi connectivity index (χ0v) is 10.2. The maximum atomic E-state index is 10.6. The zero-order chi connectivity index (χ0) is 13.0. The monoisotopic (exact) mass is 245 g/mol. The number of aliphatic carboxylic acids is 1. The van der Waals surface area contributed by atoms with Crippen LogP contribution in [0.15, 0.2) is 47.1 Å². The molecule has 94 valence electrons. The molecule has 2 aromatic rings. The number of hydrogen-bond acceptors (Lipinski definition) is 3. The number of benzene rings is 1. The first kappa shape index (κ1) is 12.2. The summed E-state index contributed by atoms with van der Waals surface area (Å²) < 4.78 is 5.28. The summed E-state index contributed by atoms with van der Waals surface area (Å²) in [6.45, 7) is 0.686. The van der Waals surface area contributed by atoms with Crippen LogP contribution in [0.1, 0.15) is 11.3 Å². The van der Waals surface area contributed by atoms with Crippen LogP contribution in [0.4, 0.5) is 5.69 Å². The van der Waals surface area contributed by atoms with E-state index in [4.69, 9.17) is 9.52 Å². The van der Waals surface area contributed by atoms with E-state index in [0.717, 1.165) is 17.0 Å². The first-order chi connectivity index (χ1) is 8.65. The highest BCUT2D eigenvalue weighted by molar-refractivity contribution is 5.70. The highest BCUT2D eigenvalue weighted by Crippen LogP contribution is 2.16. The van der Waals surface area contributed by atoms with E-state index in [-0.39, 0.29) is 6.42 Å². The van der Waals surface area contributed by atoms with Gasteiger partial charge in [0.15, 0.2) is 0 Å². The molecule has 0 aliphatic heterocycles. The number of carbonyl (C=O) groups is 1. The smallest absolute Gasteiger partial charge is 0.307 e.